The summed E-state index contributed by atoms with van der Waals surface area (Å²) in [5.41, 5.74) is 1.25. The number of nitrogens with one attached hydrogen (secondary N) is 1. The van der Waals surface area contributed by atoms with Gasteiger partial charge in [-0.25, -0.2) is 0 Å². The molecule has 0 unspecified atom stereocenters. The zero-order valence-electron chi connectivity index (χ0n) is 16.6. The largest absolute Gasteiger partial charge is 0.385 e. The number of hydrogen-bond donors (Lipinski definition) is 1. The predicted molar refractivity (Wildman–Crippen MR) is 118 cm³/mol. The summed E-state index contributed by atoms with van der Waals surface area (Å²) in [7, 11) is 0. The Bertz CT molecular complexity index is 366. The lowest BCUT2D eigenvalue weighted by Gasteiger charge is -2.06. The van der Waals surface area contributed by atoms with Gasteiger partial charge in [0.2, 0.25) is 0 Å². The molecule has 0 bridgehead atoms. The van der Waals surface area contributed by atoms with E-state index < -0.39 is 0 Å². The number of para-hydroxylation sites is 1. The van der Waals surface area contributed by atoms with Gasteiger partial charge >= 0.3 is 0 Å². The molecule has 1 rings (SSSR count). The van der Waals surface area contributed by atoms with Gasteiger partial charge in [-0.05, 0) is 37.0 Å². The maximum atomic E-state index is 3.49. The lowest BCUT2D eigenvalue weighted by Crippen LogP contribution is -2.00. The molecule has 0 spiro atoms. The van der Waals surface area contributed by atoms with Crippen LogP contribution in [0.1, 0.15) is 89.9 Å². The second-order valence-electron chi connectivity index (χ2n) is 7.24. The van der Waals surface area contributed by atoms with Crippen LogP contribution in [0.5, 0.6) is 0 Å². The highest BCUT2D eigenvalue weighted by atomic mass is 32.2. The molecule has 0 saturated carbocycles. The van der Waals surface area contributed by atoms with Gasteiger partial charge in [0.25, 0.3) is 0 Å². The van der Waals surface area contributed by atoms with Gasteiger partial charge in [-0.15, -0.1) is 0 Å². The van der Waals surface area contributed by atoms with Gasteiger partial charge < -0.3 is 5.32 Å². The van der Waals surface area contributed by atoms with Crippen molar-refractivity contribution in [3.63, 3.8) is 0 Å². The number of unbranched alkanes of at least 4 members (excludes halogenated alkanes) is 13. The Balaban J connectivity index is 1.69. The Morgan fingerprint density at radius 2 is 1.04 bits per heavy atom. The summed E-state index contributed by atoms with van der Waals surface area (Å²) in [6.07, 6.45) is 22.3. The van der Waals surface area contributed by atoms with E-state index in [2.05, 4.69) is 41.9 Å². The first-order chi connectivity index (χ1) is 12.4. The summed E-state index contributed by atoms with van der Waals surface area (Å²) in [4.78, 5) is 0. The van der Waals surface area contributed by atoms with Crippen molar-refractivity contribution in [3.05, 3.63) is 30.3 Å². The van der Waals surface area contributed by atoms with E-state index >= 15 is 0 Å². The fourth-order valence-corrected chi connectivity index (χ4v) is 3.77. The Morgan fingerprint density at radius 3 is 1.52 bits per heavy atom. The first-order valence-corrected chi connectivity index (χ1v) is 12.1. The third kappa shape index (κ3) is 15.3. The summed E-state index contributed by atoms with van der Waals surface area (Å²) in [5, 5.41) is 3.49. The lowest BCUT2D eigenvalue weighted by atomic mass is 10.0. The SMILES string of the molecule is CSCCCCCCCCCCCCCCCCNc1ccccc1. The molecule has 0 heterocycles. The van der Waals surface area contributed by atoms with Crippen molar-refractivity contribution in [1.82, 2.24) is 0 Å². The molecule has 0 aliphatic heterocycles. The molecule has 0 fully saturated rings. The van der Waals surface area contributed by atoms with Crippen LogP contribution in [0.15, 0.2) is 30.3 Å². The van der Waals surface area contributed by atoms with Gasteiger partial charge in [-0.3, -0.25) is 0 Å². The van der Waals surface area contributed by atoms with Crippen LogP contribution in [0.25, 0.3) is 0 Å². The van der Waals surface area contributed by atoms with Gasteiger partial charge in [-0.2, -0.15) is 11.8 Å². The molecule has 0 aliphatic carbocycles. The van der Waals surface area contributed by atoms with Gasteiger partial charge in [-0.1, -0.05) is 95.2 Å². The van der Waals surface area contributed by atoms with Crippen LogP contribution in [0.3, 0.4) is 0 Å². The lowest BCUT2D eigenvalue weighted by molar-refractivity contribution is 0.537. The molecule has 0 aromatic heterocycles. The van der Waals surface area contributed by atoms with Crippen LogP contribution in [-0.2, 0) is 0 Å². The van der Waals surface area contributed by atoms with E-state index in [1.165, 1.54) is 101 Å². The second kappa shape index (κ2) is 18.2. The van der Waals surface area contributed by atoms with Crippen LogP contribution in [0, 0.1) is 0 Å². The van der Waals surface area contributed by atoms with Crippen molar-refractivity contribution in [3.8, 4) is 0 Å². The van der Waals surface area contributed by atoms with Gasteiger partial charge in [0.15, 0.2) is 0 Å². The smallest absolute Gasteiger partial charge is 0.0340 e. The van der Waals surface area contributed by atoms with Gasteiger partial charge in [0, 0.05) is 12.2 Å². The van der Waals surface area contributed by atoms with Crippen molar-refractivity contribution < 1.29 is 0 Å². The first-order valence-electron chi connectivity index (χ1n) is 10.7. The quantitative estimate of drug-likeness (QED) is 0.266. The van der Waals surface area contributed by atoms with Crippen LogP contribution in [-0.4, -0.2) is 18.6 Å². The minimum Gasteiger partial charge on any atom is -0.385 e. The maximum absolute atomic E-state index is 3.49. The monoisotopic (exact) mass is 363 g/mol. The van der Waals surface area contributed by atoms with Crippen LogP contribution in [0.2, 0.25) is 0 Å². The molecule has 1 N–H and O–H groups in total. The van der Waals surface area contributed by atoms with Crippen molar-refractivity contribution in [2.24, 2.45) is 0 Å². The molecule has 0 amide bonds. The minimum absolute atomic E-state index is 1.11. The van der Waals surface area contributed by atoms with Crippen molar-refractivity contribution >= 4 is 17.4 Å². The van der Waals surface area contributed by atoms with E-state index in [0.29, 0.717) is 0 Å². The summed E-state index contributed by atoms with van der Waals surface area (Å²) in [6.45, 7) is 1.11. The second-order valence-corrected chi connectivity index (χ2v) is 8.22. The average molecular weight is 364 g/mol. The molecule has 1 aromatic rings. The highest BCUT2D eigenvalue weighted by Crippen LogP contribution is 2.13. The van der Waals surface area contributed by atoms with Crippen LogP contribution < -0.4 is 5.32 Å². The molecule has 0 aliphatic rings. The number of hydrogen-bond acceptors (Lipinski definition) is 2. The van der Waals surface area contributed by atoms with E-state index in [9.17, 15) is 0 Å². The summed E-state index contributed by atoms with van der Waals surface area (Å²) in [6, 6.07) is 10.5. The van der Waals surface area contributed by atoms with Gasteiger partial charge in [0.05, 0.1) is 0 Å². The van der Waals surface area contributed by atoms with E-state index in [1.54, 1.807) is 0 Å². The highest BCUT2D eigenvalue weighted by molar-refractivity contribution is 7.98. The number of thioether (sulfide) groups is 1. The van der Waals surface area contributed by atoms with Crippen molar-refractivity contribution in [2.45, 2.75) is 89.9 Å². The van der Waals surface area contributed by atoms with E-state index in [1.807, 2.05) is 11.8 Å². The minimum atomic E-state index is 1.11. The van der Waals surface area contributed by atoms with E-state index in [-0.39, 0.29) is 0 Å². The highest BCUT2D eigenvalue weighted by Gasteiger charge is 1.95. The standard InChI is InChI=1S/C23H41NS/c1-25-22-18-13-11-9-7-5-3-2-4-6-8-10-12-17-21-24-23-19-15-14-16-20-23/h14-16,19-20,24H,2-13,17-18,21-22H2,1H3. The third-order valence-corrected chi connectivity index (χ3v) is 5.58. The fraction of sp³-hybridized carbons (Fsp3) is 0.739. The van der Waals surface area contributed by atoms with Crippen LogP contribution in [0.4, 0.5) is 5.69 Å². The molecule has 0 saturated heterocycles. The molecule has 0 radical (unpaired) electrons. The molecule has 1 nitrogen and oxygen atoms in total. The summed E-state index contributed by atoms with van der Waals surface area (Å²) >= 11 is 1.98. The Morgan fingerprint density at radius 1 is 0.600 bits per heavy atom. The Kier molecular flexibility index (Phi) is 16.3. The summed E-state index contributed by atoms with van der Waals surface area (Å²) < 4.78 is 0. The van der Waals surface area contributed by atoms with Crippen LogP contribution >= 0.6 is 11.8 Å². The zero-order chi connectivity index (χ0) is 17.8. The predicted octanol–water partition coefficient (Wildman–Crippen LogP) is 7.92. The van der Waals surface area contributed by atoms with E-state index in [4.69, 9.17) is 0 Å². The number of anilines is 1. The molecule has 0 atom stereocenters. The first kappa shape index (κ1) is 22.4. The third-order valence-electron chi connectivity index (χ3n) is 4.88. The zero-order valence-corrected chi connectivity index (χ0v) is 17.4. The number of benzene rings is 1. The Labute approximate surface area is 161 Å². The average Bonchev–Trinajstić information content (AvgIpc) is 2.65. The van der Waals surface area contributed by atoms with Crippen molar-refractivity contribution in [2.75, 3.05) is 23.9 Å². The Hall–Kier alpha value is -0.630. The maximum Gasteiger partial charge on any atom is 0.0340 e. The number of rotatable bonds is 18. The molecule has 144 valence electrons. The molecule has 1 aromatic carbocycles. The van der Waals surface area contributed by atoms with E-state index in [0.717, 1.165) is 6.54 Å². The molecular weight excluding hydrogens is 322 g/mol. The van der Waals surface area contributed by atoms with Gasteiger partial charge in [0.1, 0.15) is 0 Å². The normalized spacial score (nSPS) is 10.9. The topological polar surface area (TPSA) is 12.0 Å². The fourth-order valence-electron chi connectivity index (χ4n) is 3.28. The van der Waals surface area contributed by atoms with Crippen molar-refractivity contribution in [1.29, 1.82) is 0 Å². The molecular formula is C23H41NS. The summed E-state index contributed by atoms with van der Waals surface area (Å²) in [5.74, 6) is 1.35. The molecule has 25 heavy (non-hydrogen) atoms. The molecule has 2 heteroatoms.